The molecule has 0 spiro atoms. The van der Waals surface area contributed by atoms with E-state index in [1.54, 1.807) is 23.1 Å². The number of ether oxygens (including phenoxy) is 1. The number of methoxy groups -OCH3 is 1. The SMILES string of the molecule is COc1ccc(Cl)cc1C(=O)N1CCN=C1SCc1ccccc1Cl. The van der Waals surface area contributed by atoms with Crippen LogP contribution in [0.4, 0.5) is 0 Å². The third kappa shape index (κ3) is 4.11. The van der Waals surface area contributed by atoms with Gasteiger partial charge in [-0.15, -0.1) is 0 Å². The van der Waals surface area contributed by atoms with Crippen molar-refractivity contribution < 1.29 is 9.53 Å². The average Bonchev–Trinajstić information content (AvgIpc) is 3.09. The standard InChI is InChI=1S/C18H16Cl2N2O2S/c1-24-16-7-6-13(19)10-14(16)17(23)22-9-8-21-18(22)25-11-12-4-2-3-5-15(12)20/h2-7,10H,8-9,11H2,1H3. The predicted molar refractivity (Wildman–Crippen MR) is 104 cm³/mol. The first-order chi connectivity index (χ1) is 12.1. The third-order valence-electron chi connectivity index (χ3n) is 3.75. The Kier molecular flexibility index (Phi) is 5.89. The van der Waals surface area contributed by atoms with Crippen LogP contribution >= 0.6 is 35.0 Å². The molecule has 0 unspecified atom stereocenters. The molecule has 0 bridgehead atoms. The Morgan fingerprint density at radius 3 is 2.84 bits per heavy atom. The van der Waals surface area contributed by atoms with Crippen molar-refractivity contribution in [1.82, 2.24) is 4.90 Å². The lowest BCUT2D eigenvalue weighted by atomic mass is 10.2. The van der Waals surface area contributed by atoms with Crippen LogP contribution in [-0.2, 0) is 5.75 Å². The Morgan fingerprint density at radius 2 is 2.08 bits per heavy atom. The van der Waals surface area contributed by atoms with Gasteiger partial charge in [-0.1, -0.05) is 53.2 Å². The van der Waals surface area contributed by atoms with E-state index in [9.17, 15) is 4.79 Å². The molecule has 25 heavy (non-hydrogen) atoms. The fraction of sp³-hybridized carbons (Fsp3) is 0.222. The Labute approximate surface area is 160 Å². The maximum atomic E-state index is 12.9. The van der Waals surface area contributed by atoms with Crippen molar-refractivity contribution in [2.24, 2.45) is 4.99 Å². The number of carbonyl (C=O) groups is 1. The lowest BCUT2D eigenvalue weighted by Gasteiger charge is -2.19. The molecule has 0 aliphatic carbocycles. The summed E-state index contributed by atoms with van der Waals surface area (Å²) in [5, 5.41) is 1.89. The molecule has 1 amide bonds. The zero-order chi connectivity index (χ0) is 17.8. The Bertz CT molecular complexity index is 826. The second-order valence-electron chi connectivity index (χ2n) is 5.35. The van der Waals surface area contributed by atoms with Crippen molar-refractivity contribution in [2.75, 3.05) is 20.2 Å². The summed E-state index contributed by atoms with van der Waals surface area (Å²) >= 11 is 13.7. The molecule has 0 saturated carbocycles. The quantitative estimate of drug-likeness (QED) is 0.751. The zero-order valence-electron chi connectivity index (χ0n) is 13.5. The van der Waals surface area contributed by atoms with Crippen LogP contribution in [-0.4, -0.2) is 36.2 Å². The molecule has 7 heteroatoms. The van der Waals surface area contributed by atoms with Crippen LogP contribution in [0.5, 0.6) is 5.75 Å². The number of hydrogen-bond acceptors (Lipinski definition) is 4. The molecule has 0 fully saturated rings. The van der Waals surface area contributed by atoms with Crippen LogP contribution in [0.25, 0.3) is 0 Å². The second kappa shape index (κ2) is 8.13. The van der Waals surface area contributed by atoms with Gasteiger partial charge >= 0.3 is 0 Å². The van der Waals surface area contributed by atoms with Crippen molar-refractivity contribution in [3.63, 3.8) is 0 Å². The number of amidine groups is 1. The van der Waals surface area contributed by atoms with E-state index in [-0.39, 0.29) is 5.91 Å². The Balaban J connectivity index is 1.76. The predicted octanol–water partition coefficient (Wildman–Crippen LogP) is 4.75. The van der Waals surface area contributed by atoms with Crippen LogP contribution in [0, 0.1) is 0 Å². The van der Waals surface area contributed by atoms with Crippen molar-refractivity contribution in [2.45, 2.75) is 5.75 Å². The molecule has 0 atom stereocenters. The monoisotopic (exact) mass is 394 g/mol. The van der Waals surface area contributed by atoms with E-state index in [2.05, 4.69) is 4.99 Å². The van der Waals surface area contributed by atoms with Crippen molar-refractivity contribution in [3.8, 4) is 5.75 Å². The minimum Gasteiger partial charge on any atom is -0.496 e. The molecular weight excluding hydrogens is 379 g/mol. The maximum Gasteiger partial charge on any atom is 0.263 e. The minimum absolute atomic E-state index is 0.165. The van der Waals surface area contributed by atoms with E-state index in [0.717, 1.165) is 5.56 Å². The van der Waals surface area contributed by atoms with Gasteiger partial charge in [-0.25, -0.2) is 0 Å². The molecule has 1 aliphatic heterocycles. The van der Waals surface area contributed by atoms with Gasteiger partial charge in [-0.05, 0) is 29.8 Å². The molecule has 130 valence electrons. The summed E-state index contributed by atoms with van der Waals surface area (Å²) < 4.78 is 5.29. The molecule has 0 aromatic heterocycles. The number of thioether (sulfide) groups is 1. The van der Waals surface area contributed by atoms with Gasteiger partial charge in [0.15, 0.2) is 5.17 Å². The van der Waals surface area contributed by atoms with Crippen molar-refractivity contribution in [3.05, 3.63) is 63.6 Å². The zero-order valence-corrected chi connectivity index (χ0v) is 15.9. The number of carbonyl (C=O) groups excluding carboxylic acids is 1. The van der Waals surface area contributed by atoms with Gasteiger partial charge < -0.3 is 4.74 Å². The summed E-state index contributed by atoms with van der Waals surface area (Å²) in [6.07, 6.45) is 0. The first-order valence-corrected chi connectivity index (χ1v) is 9.40. The number of nitrogens with zero attached hydrogens (tertiary/aromatic N) is 2. The van der Waals surface area contributed by atoms with Gasteiger partial charge in [0, 0.05) is 22.3 Å². The number of amides is 1. The molecule has 2 aromatic carbocycles. The molecule has 2 aromatic rings. The number of rotatable bonds is 4. The normalized spacial score (nSPS) is 13.7. The van der Waals surface area contributed by atoms with Crippen molar-refractivity contribution in [1.29, 1.82) is 0 Å². The van der Waals surface area contributed by atoms with E-state index in [1.807, 2.05) is 24.3 Å². The van der Waals surface area contributed by atoms with Crippen molar-refractivity contribution >= 4 is 46.0 Å². The van der Waals surface area contributed by atoms with Crippen LogP contribution < -0.4 is 4.74 Å². The highest BCUT2D eigenvalue weighted by atomic mass is 35.5. The summed E-state index contributed by atoms with van der Waals surface area (Å²) in [6, 6.07) is 12.7. The molecule has 0 saturated heterocycles. The summed E-state index contributed by atoms with van der Waals surface area (Å²) in [4.78, 5) is 19.1. The van der Waals surface area contributed by atoms with Gasteiger partial charge in [0.25, 0.3) is 5.91 Å². The first kappa shape index (κ1) is 18.1. The summed E-state index contributed by atoms with van der Waals surface area (Å²) in [6.45, 7) is 1.12. The molecule has 4 nitrogen and oxygen atoms in total. The van der Waals surface area contributed by atoms with Crippen LogP contribution in [0.3, 0.4) is 0 Å². The lowest BCUT2D eigenvalue weighted by molar-refractivity contribution is 0.0857. The second-order valence-corrected chi connectivity index (χ2v) is 7.13. The van der Waals surface area contributed by atoms with Gasteiger partial charge in [0.05, 0.1) is 19.2 Å². The number of aliphatic imine (C=N–C) groups is 1. The van der Waals surface area contributed by atoms with E-state index < -0.39 is 0 Å². The largest absolute Gasteiger partial charge is 0.496 e. The summed E-state index contributed by atoms with van der Waals surface area (Å²) in [7, 11) is 1.53. The Hall–Kier alpha value is -1.69. The average molecular weight is 395 g/mol. The summed E-state index contributed by atoms with van der Waals surface area (Å²) in [5.41, 5.74) is 1.44. The van der Waals surface area contributed by atoms with Gasteiger partial charge in [-0.3, -0.25) is 14.7 Å². The van der Waals surface area contributed by atoms with Crippen LogP contribution in [0.15, 0.2) is 47.5 Å². The van der Waals surface area contributed by atoms with Crippen LogP contribution in [0.2, 0.25) is 10.0 Å². The number of benzene rings is 2. The van der Waals surface area contributed by atoms with E-state index >= 15 is 0 Å². The van der Waals surface area contributed by atoms with Gasteiger partial charge in [-0.2, -0.15) is 0 Å². The number of halogens is 2. The number of hydrogen-bond donors (Lipinski definition) is 0. The molecule has 3 rings (SSSR count). The minimum atomic E-state index is -0.165. The lowest BCUT2D eigenvalue weighted by Crippen LogP contribution is -2.33. The maximum absolute atomic E-state index is 12.9. The van der Waals surface area contributed by atoms with Gasteiger partial charge in [0.2, 0.25) is 0 Å². The fourth-order valence-corrected chi connectivity index (χ4v) is 3.99. The van der Waals surface area contributed by atoms with Gasteiger partial charge in [0.1, 0.15) is 5.75 Å². The molecule has 1 heterocycles. The molecule has 0 N–H and O–H groups in total. The van der Waals surface area contributed by atoms with E-state index in [1.165, 1.54) is 18.9 Å². The molecule has 0 radical (unpaired) electrons. The smallest absolute Gasteiger partial charge is 0.263 e. The Morgan fingerprint density at radius 1 is 1.28 bits per heavy atom. The highest BCUT2D eigenvalue weighted by Crippen LogP contribution is 2.28. The topological polar surface area (TPSA) is 41.9 Å². The molecule has 1 aliphatic rings. The highest BCUT2D eigenvalue weighted by Gasteiger charge is 2.27. The summed E-state index contributed by atoms with van der Waals surface area (Å²) in [5.74, 6) is 0.980. The van der Waals surface area contributed by atoms with E-state index in [4.69, 9.17) is 27.9 Å². The highest BCUT2D eigenvalue weighted by molar-refractivity contribution is 8.13. The van der Waals surface area contributed by atoms with E-state index in [0.29, 0.717) is 45.4 Å². The third-order valence-corrected chi connectivity index (χ3v) is 5.42. The molecular formula is C18H16Cl2N2O2S. The fourth-order valence-electron chi connectivity index (χ4n) is 2.49. The first-order valence-electron chi connectivity index (χ1n) is 7.66. The van der Waals surface area contributed by atoms with Crippen LogP contribution in [0.1, 0.15) is 15.9 Å².